The highest BCUT2D eigenvalue weighted by Crippen LogP contribution is 2.26. The van der Waals surface area contributed by atoms with Crippen molar-refractivity contribution in [2.24, 2.45) is 0 Å². The van der Waals surface area contributed by atoms with Crippen LogP contribution in [0.3, 0.4) is 0 Å². The summed E-state index contributed by atoms with van der Waals surface area (Å²) in [5, 5.41) is 0.0374. The lowest BCUT2D eigenvalue weighted by Crippen LogP contribution is -2.17. The van der Waals surface area contributed by atoms with Gasteiger partial charge in [0.05, 0.1) is 11.4 Å². The minimum atomic E-state index is -3.69. The van der Waals surface area contributed by atoms with Crippen LogP contribution in [0.15, 0.2) is 35.5 Å². The van der Waals surface area contributed by atoms with E-state index in [2.05, 4.69) is 9.71 Å². The second-order valence-electron chi connectivity index (χ2n) is 4.93. The number of anilines is 2. The van der Waals surface area contributed by atoms with Crippen molar-refractivity contribution in [3.63, 3.8) is 0 Å². The Balaban J connectivity index is 2.37. The molecule has 0 radical (unpaired) electrons. The van der Waals surface area contributed by atoms with Crippen LogP contribution in [-0.2, 0) is 16.6 Å². The molecule has 1 aromatic heterocycles. The maximum Gasteiger partial charge on any atom is 0.281 e. The largest absolute Gasteiger partial charge is 0.376 e. The van der Waals surface area contributed by atoms with Gasteiger partial charge in [0.2, 0.25) is 0 Å². The number of imidazole rings is 1. The van der Waals surface area contributed by atoms with Crippen LogP contribution in [0.4, 0.5) is 11.4 Å². The second-order valence-corrected chi connectivity index (χ2v) is 6.56. The first-order valence-electron chi connectivity index (χ1n) is 6.68. The molecular weight excluding hydrogens is 288 g/mol. The third kappa shape index (κ3) is 3.18. The number of nitrogens with one attached hydrogen (secondary N) is 1. The lowest BCUT2D eigenvalue weighted by molar-refractivity contribution is 0.598. The summed E-state index contributed by atoms with van der Waals surface area (Å²) in [6.45, 7) is 4.42. The van der Waals surface area contributed by atoms with Crippen LogP contribution >= 0.6 is 0 Å². The van der Waals surface area contributed by atoms with Crippen molar-refractivity contribution in [3.8, 4) is 0 Å². The van der Waals surface area contributed by atoms with E-state index in [9.17, 15) is 8.42 Å². The molecular formula is C14H20N4O2S. The van der Waals surface area contributed by atoms with Gasteiger partial charge >= 0.3 is 0 Å². The van der Waals surface area contributed by atoms with Gasteiger partial charge in [-0.1, -0.05) is 12.1 Å². The first-order chi connectivity index (χ1) is 9.85. The van der Waals surface area contributed by atoms with Gasteiger partial charge in [-0.15, -0.1) is 0 Å². The zero-order valence-electron chi connectivity index (χ0n) is 12.7. The van der Waals surface area contributed by atoms with Crippen LogP contribution in [0.25, 0.3) is 0 Å². The third-order valence-corrected chi connectivity index (χ3v) is 4.44. The minimum Gasteiger partial charge on any atom is -0.376 e. The van der Waals surface area contributed by atoms with E-state index in [-0.39, 0.29) is 5.03 Å². The van der Waals surface area contributed by atoms with Crippen LogP contribution in [0.1, 0.15) is 12.7 Å². The molecule has 0 bridgehead atoms. The highest BCUT2D eigenvalue weighted by molar-refractivity contribution is 7.92. The molecule has 7 heteroatoms. The summed E-state index contributed by atoms with van der Waals surface area (Å²) in [5.41, 5.74) is 1.33. The maximum atomic E-state index is 12.5. The molecule has 0 atom stereocenters. The predicted molar refractivity (Wildman–Crippen MR) is 84.2 cm³/mol. The summed E-state index contributed by atoms with van der Waals surface area (Å²) in [5.74, 6) is 0.679. The number of rotatable bonds is 5. The quantitative estimate of drug-likeness (QED) is 0.918. The van der Waals surface area contributed by atoms with Gasteiger partial charge in [0.15, 0.2) is 5.03 Å². The molecule has 21 heavy (non-hydrogen) atoms. The maximum absolute atomic E-state index is 12.5. The first-order valence-corrected chi connectivity index (χ1v) is 8.16. The molecule has 0 aliphatic carbocycles. The lowest BCUT2D eigenvalue weighted by Gasteiger charge is -2.17. The van der Waals surface area contributed by atoms with E-state index in [0.717, 1.165) is 5.69 Å². The van der Waals surface area contributed by atoms with E-state index >= 15 is 0 Å². The standard InChI is InChI=1S/C14H20N4O2S/c1-5-18-10-14(15-11(18)2)21(19,20)16-12-8-6-7-9-13(12)17(3)4/h6-10,16H,5H2,1-4H3. The van der Waals surface area contributed by atoms with Crippen LogP contribution in [0.2, 0.25) is 0 Å². The minimum absolute atomic E-state index is 0.0374. The number of aromatic nitrogens is 2. The van der Waals surface area contributed by atoms with Crippen molar-refractivity contribution in [3.05, 3.63) is 36.3 Å². The van der Waals surface area contributed by atoms with Gasteiger partial charge in [0, 0.05) is 26.8 Å². The fraction of sp³-hybridized carbons (Fsp3) is 0.357. The summed E-state index contributed by atoms with van der Waals surface area (Å²) >= 11 is 0. The number of nitrogens with zero attached hydrogens (tertiary/aromatic N) is 3. The van der Waals surface area contributed by atoms with Crippen LogP contribution in [0, 0.1) is 6.92 Å². The number of hydrogen-bond acceptors (Lipinski definition) is 4. The second kappa shape index (κ2) is 5.77. The summed E-state index contributed by atoms with van der Waals surface area (Å²) in [6.07, 6.45) is 1.55. The van der Waals surface area contributed by atoms with E-state index < -0.39 is 10.0 Å². The zero-order valence-corrected chi connectivity index (χ0v) is 13.5. The summed E-state index contributed by atoms with van der Waals surface area (Å²) in [7, 11) is 0.0386. The molecule has 1 heterocycles. The van der Waals surface area contributed by atoms with Crippen molar-refractivity contribution in [2.45, 2.75) is 25.4 Å². The van der Waals surface area contributed by atoms with Gasteiger partial charge in [-0.25, -0.2) is 4.98 Å². The molecule has 2 aromatic rings. The molecule has 0 saturated heterocycles. The fourth-order valence-corrected chi connectivity index (χ4v) is 3.16. The molecule has 114 valence electrons. The summed E-state index contributed by atoms with van der Waals surface area (Å²) in [6, 6.07) is 7.24. The number of benzene rings is 1. The van der Waals surface area contributed by atoms with Crippen LogP contribution < -0.4 is 9.62 Å². The van der Waals surface area contributed by atoms with E-state index in [1.54, 1.807) is 29.8 Å². The van der Waals surface area contributed by atoms with Crippen molar-refractivity contribution in [2.75, 3.05) is 23.7 Å². The number of hydrogen-bond donors (Lipinski definition) is 1. The van der Waals surface area contributed by atoms with E-state index in [0.29, 0.717) is 18.1 Å². The predicted octanol–water partition coefficient (Wildman–Crippen LogP) is 2.08. The Kier molecular flexibility index (Phi) is 4.22. The monoisotopic (exact) mass is 308 g/mol. The lowest BCUT2D eigenvalue weighted by atomic mass is 10.2. The fourth-order valence-electron chi connectivity index (χ4n) is 2.08. The van der Waals surface area contributed by atoms with Gasteiger partial charge in [-0.3, -0.25) is 4.72 Å². The Morgan fingerprint density at radius 2 is 1.95 bits per heavy atom. The van der Waals surface area contributed by atoms with E-state index in [4.69, 9.17) is 0 Å². The Morgan fingerprint density at radius 1 is 1.29 bits per heavy atom. The van der Waals surface area contributed by atoms with Gasteiger partial charge in [-0.2, -0.15) is 8.42 Å². The van der Waals surface area contributed by atoms with E-state index in [1.807, 2.05) is 38.1 Å². The zero-order chi connectivity index (χ0) is 15.6. The Morgan fingerprint density at radius 3 is 2.52 bits per heavy atom. The van der Waals surface area contributed by atoms with Gasteiger partial charge in [0.1, 0.15) is 5.82 Å². The molecule has 0 aliphatic heterocycles. The Hall–Kier alpha value is -2.02. The van der Waals surface area contributed by atoms with Gasteiger partial charge < -0.3 is 9.47 Å². The summed E-state index contributed by atoms with van der Waals surface area (Å²) < 4.78 is 29.3. The SMILES string of the molecule is CCn1cc(S(=O)(=O)Nc2ccccc2N(C)C)nc1C. The number of aryl methyl sites for hydroxylation is 2. The van der Waals surface area contributed by atoms with E-state index in [1.165, 1.54) is 0 Å². The van der Waals surface area contributed by atoms with Crippen molar-refractivity contribution in [1.82, 2.24) is 9.55 Å². The first kappa shape index (κ1) is 15.4. The molecule has 0 aliphatic rings. The van der Waals surface area contributed by atoms with Crippen molar-refractivity contribution >= 4 is 21.4 Å². The molecule has 0 spiro atoms. The van der Waals surface area contributed by atoms with Crippen molar-refractivity contribution < 1.29 is 8.42 Å². The highest BCUT2D eigenvalue weighted by Gasteiger charge is 2.20. The molecule has 1 aromatic carbocycles. The smallest absolute Gasteiger partial charge is 0.281 e. The Labute approximate surface area is 125 Å². The van der Waals surface area contributed by atoms with Crippen LogP contribution in [0.5, 0.6) is 0 Å². The summed E-state index contributed by atoms with van der Waals surface area (Å²) in [4.78, 5) is 5.98. The average molecular weight is 308 g/mol. The molecule has 1 N–H and O–H groups in total. The molecule has 0 saturated carbocycles. The molecule has 0 amide bonds. The number of sulfonamides is 1. The van der Waals surface area contributed by atoms with Crippen LogP contribution in [-0.4, -0.2) is 32.1 Å². The van der Waals surface area contributed by atoms with Crippen molar-refractivity contribution in [1.29, 1.82) is 0 Å². The molecule has 6 nitrogen and oxygen atoms in total. The van der Waals surface area contributed by atoms with Gasteiger partial charge in [0.25, 0.3) is 10.0 Å². The highest BCUT2D eigenvalue weighted by atomic mass is 32.2. The molecule has 0 unspecified atom stereocenters. The molecule has 0 fully saturated rings. The molecule has 2 rings (SSSR count). The number of para-hydroxylation sites is 2. The normalized spacial score (nSPS) is 11.4. The average Bonchev–Trinajstić information content (AvgIpc) is 2.81. The van der Waals surface area contributed by atoms with Gasteiger partial charge in [-0.05, 0) is 26.0 Å². The topological polar surface area (TPSA) is 67.2 Å². The Bertz CT molecular complexity index is 735. The third-order valence-electron chi connectivity index (χ3n) is 3.20.